The van der Waals surface area contributed by atoms with Crippen molar-refractivity contribution < 1.29 is 20.0 Å². The van der Waals surface area contributed by atoms with Crippen LogP contribution >= 0.6 is 34.8 Å². The van der Waals surface area contributed by atoms with Crippen LogP contribution in [-0.2, 0) is 9.53 Å². The summed E-state index contributed by atoms with van der Waals surface area (Å²) in [6, 6.07) is 0. The van der Waals surface area contributed by atoms with Gasteiger partial charge in [-0.3, -0.25) is 0 Å². The van der Waals surface area contributed by atoms with Gasteiger partial charge >= 0.3 is 5.97 Å². The van der Waals surface area contributed by atoms with Gasteiger partial charge in [-0.25, -0.2) is 4.79 Å². The molecule has 0 bridgehead atoms. The zero-order valence-corrected chi connectivity index (χ0v) is 11.1. The van der Waals surface area contributed by atoms with Crippen LogP contribution in [0.15, 0.2) is 11.5 Å². The SMILES string of the molecule is [CH2-][NH2+]/C(C(=O)OCCCC)=C(/O)C(Cl)(Cl)Cl. The average molecular weight is 291 g/mol. The van der Waals surface area contributed by atoms with Gasteiger partial charge in [0.1, 0.15) is 0 Å². The molecule has 0 atom stereocenters. The second-order valence-electron chi connectivity index (χ2n) is 2.95. The minimum Gasteiger partial charge on any atom is -0.503 e. The zero-order chi connectivity index (χ0) is 12.8. The Kier molecular flexibility index (Phi) is 7.15. The van der Waals surface area contributed by atoms with Gasteiger partial charge in [0, 0.05) is 0 Å². The minimum absolute atomic E-state index is 0.240. The largest absolute Gasteiger partial charge is 0.503 e. The number of quaternary nitrogens is 1. The Labute approximate surface area is 109 Å². The molecule has 0 aliphatic heterocycles. The van der Waals surface area contributed by atoms with Crippen molar-refractivity contribution in [3.05, 3.63) is 18.5 Å². The lowest BCUT2D eigenvalue weighted by Crippen LogP contribution is -2.77. The number of rotatable bonds is 5. The molecule has 0 aromatic rings. The van der Waals surface area contributed by atoms with E-state index >= 15 is 0 Å². The third-order valence-electron chi connectivity index (χ3n) is 1.68. The molecule has 94 valence electrons. The predicted molar refractivity (Wildman–Crippen MR) is 63.1 cm³/mol. The molecule has 16 heavy (non-hydrogen) atoms. The number of aliphatic hydroxyl groups is 1. The fraction of sp³-hybridized carbons (Fsp3) is 0.556. The monoisotopic (exact) mass is 289 g/mol. The highest BCUT2D eigenvalue weighted by Gasteiger charge is 2.34. The Morgan fingerprint density at radius 3 is 2.44 bits per heavy atom. The zero-order valence-electron chi connectivity index (χ0n) is 8.80. The highest BCUT2D eigenvalue weighted by molar-refractivity contribution is 6.69. The van der Waals surface area contributed by atoms with Gasteiger partial charge in [0.15, 0.2) is 0 Å². The van der Waals surface area contributed by atoms with E-state index in [1.165, 1.54) is 0 Å². The maximum Gasteiger partial charge on any atom is 0.394 e. The van der Waals surface area contributed by atoms with Crippen LogP contribution in [0, 0.1) is 7.05 Å². The van der Waals surface area contributed by atoms with Crippen molar-refractivity contribution in [1.29, 1.82) is 0 Å². The van der Waals surface area contributed by atoms with Crippen molar-refractivity contribution in [2.75, 3.05) is 6.61 Å². The summed E-state index contributed by atoms with van der Waals surface area (Å²) in [5.41, 5.74) is -0.240. The Bertz CT molecular complexity index is 274. The van der Waals surface area contributed by atoms with E-state index in [0.717, 1.165) is 18.2 Å². The summed E-state index contributed by atoms with van der Waals surface area (Å²) in [7, 11) is 3.35. The van der Waals surface area contributed by atoms with Crippen LogP contribution in [0.1, 0.15) is 19.8 Å². The minimum atomic E-state index is -2.06. The molecule has 0 fully saturated rings. The molecular formula is C9H14Cl3NO3. The van der Waals surface area contributed by atoms with E-state index in [1.54, 1.807) is 0 Å². The normalized spacial score (nSPS) is 13.3. The molecule has 0 aromatic heterocycles. The van der Waals surface area contributed by atoms with E-state index in [-0.39, 0.29) is 12.3 Å². The Balaban J connectivity index is 4.66. The highest BCUT2D eigenvalue weighted by atomic mass is 35.6. The molecule has 4 nitrogen and oxygen atoms in total. The Morgan fingerprint density at radius 2 is 2.06 bits per heavy atom. The lowest BCUT2D eigenvalue weighted by molar-refractivity contribution is -0.540. The average Bonchev–Trinajstić information content (AvgIpc) is 2.17. The van der Waals surface area contributed by atoms with Crippen molar-refractivity contribution in [1.82, 2.24) is 0 Å². The topological polar surface area (TPSA) is 63.1 Å². The number of esters is 1. The lowest BCUT2D eigenvalue weighted by atomic mass is 10.3. The Morgan fingerprint density at radius 1 is 1.50 bits per heavy atom. The van der Waals surface area contributed by atoms with E-state index in [1.807, 2.05) is 6.92 Å². The van der Waals surface area contributed by atoms with E-state index in [0.29, 0.717) is 0 Å². The molecule has 0 heterocycles. The number of allylic oxidation sites excluding steroid dienone is 1. The predicted octanol–water partition coefficient (Wildman–Crippen LogP) is 1.82. The summed E-state index contributed by atoms with van der Waals surface area (Å²) in [5.74, 6) is -1.44. The molecule has 0 spiro atoms. The number of hydrogen-bond acceptors (Lipinski definition) is 3. The van der Waals surface area contributed by atoms with Crippen LogP contribution in [0.25, 0.3) is 0 Å². The molecule has 0 saturated carbocycles. The van der Waals surface area contributed by atoms with Crippen molar-refractivity contribution in [2.45, 2.75) is 23.6 Å². The van der Waals surface area contributed by atoms with Gasteiger partial charge in [-0.1, -0.05) is 48.1 Å². The molecule has 0 aromatic carbocycles. The quantitative estimate of drug-likeness (QED) is 0.203. The van der Waals surface area contributed by atoms with Crippen LogP contribution in [-0.4, -0.2) is 21.5 Å². The first-order chi connectivity index (χ1) is 7.34. The number of carbonyl (C=O) groups excluding carboxylic acids is 1. The maximum atomic E-state index is 11.4. The third kappa shape index (κ3) is 5.25. The van der Waals surface area contributed by atoms with E-state index < -0.39 is 15.5 Å². The van der Waals surface area contributed by atoms with E-state index in [4.69, 9.17) is 39.5 Å². The van der Waals surface area contributed by atoms with Crippen LogP contribution in [0.4, 0.5) is 0 Å². The van der Waals surface area contributed by atoms with Gasteiger partial charge in [-0.2, -0.15) is 0 Å². The van der Waals surface area contributed by atoms with E-state index in [9.17, 15) is 9.90 Å². The van der Waals surface area contributed by atoms with Gasteiger partial charge in [0.25, 0.3) is 3.79 Å². The molecule has 0 radical (unpaired) electrons. The fourth-order valence-corrected chi connectivity index (χ4v) is 1.12. The van der Waals surface area contributed by atoms with Crippen LogP contribution in [0.2, 0.25) is 0 Å². The molecule has 0 aliphatic rings. The summed E-state index contributed by atoms with van der Waals surface area (Å²) < 4.78 is 2.79. The van der Waals surface area contributed by atoms with Crippen LogP contribution in [0.3, 0.4) is 0 Å². The fourth-order valence-electron chi connectivity index (χ4n) is 0.816. The molecule has 7 heteroatoms. The van der Waals surface area contributed by atoms with Crippen LogP contribution in [0.5, 0.6) is 0 Å². The molecule has 0 amide bonds. The van der Waals surface area contributed by atoms with Gasteiger partial charge in [0.05, 0.1) is 6.61 Å². The summed E-state index contributed by atoms with van der Waals surface area (Å²) in [5, 5.41) is 10.6. The van der Waals surface area contributed by atoms with Crippen LogP contribution < -0.4 is 5.32 Å². The van der Waals surface area contributed by atoms with Crippen molar-refractivity contribution in [3.8, 4) is 0 Å². The number of alkyl halides is 3. The van der Waals surface area contributed by atoms with Gasteiger partial charge < -0.3 is 15.2 Å². The standard InChI is InChI=1S/C9H14Cl3NO3/c1-3-4-5-16-8(15)6(13-2)7(14)9(10,11)12/h14H,2-5,13H2,1H3/b7-6+. The number of aliphatic hydroxyl groups excluding tert-OH is 1. The van der Waals surface area contributed by atoms with Crippen molar-refractivity contribution in [2.24, 2.45) is 0 Å². The molecular weight excluding hydrogens is 276 g/mol. The molecule has 0 saturated heterocycles. The smallest absolute Gasteiger partial charge is 0.394 e. The first-order valence-corrected chi connectivity index (χ1v) is 5.78. The van der Waals surface area contributed by atoms with Crippen molar-refractivity contribution >= 4 is 40.8 Å². The maximum absolute atomic E-state index is 11.4. The third-order valence-corrected chi connectivity index (χ3v) is 2.22. The molecule has 3 N–H and O–H groups in total. The van der Waals surface area contributed by atoms with Gasteiger partial charge in [-0.15, -0.1) is 7.05 Å². The summed E-state index contributed by atoms with van der Waals surface area (Å²) >= 11 is 16.3. The second kappa shape index (κ2) is 7.22. The number of hydrogen-bond donors (Lipinski definition) is 2. The van der Waals surface area contributed by atoms with Gasteiger partial charge in [-0.05, 0) is 6.42 Å². The summed E-state index contributed by atoms with van der Waals surface area (Å²) in [6.07, 6.45) is 1.61. The number of unbranched alkanes of at least 4 members (excludes halogenated alkanes) is 1. The molecule has 0 unspecified atom stereocenters. The number of carbonyl (C=O) groups is 1. The molecule has 0 rings (SSSR count). The summed E-state index contributed by atoms with van der Waals surface area (Å²) in [4.78, 5) is 11.4. The number of nitrogens with two attached hydrogens (primary N) is 1. The second-order valence-corrected chi connectivity index (χ2v) is 5.23. The summed E-state index contributed by atoms with van der Waals surface area (Å²) in [6.45, 7) is 2.21. The van der Waals surface area contributed by atoms with E-state index in [2.05, 4.69) is 7.05 Å². The highest BCUT2D eigenvalue weighted by Crippen LogP contribution is 2.33. The molecule has 0 aliphatic carbocycles. The number of halogens is 3. The number of ether oxygens (including phenoxy) is 1. The van der Waals surface area contributed by atoms with Crippen molar-refractivity contribution in [3.63, 3.8) is 0 Å². The lowest BCUT2D eigenvalue weighted by Gasteiger charge is -2.13. The van der Waals surface area contributed by atoms with Gasteiger partial charge in [0.2, 0.25) is 11.5 Å². The first kappa shape index (κ1) is 15.8. The first-order valence-electron chi connectivity index (χ1n) is 4.64. The Hall–Kier alpha value is -0.160.